The number of piperazine rings is 1. The summed E-state index contributed by atoms with van der Waals surface area (Å²) in [5.74, 6) is 1.21. The zero-order chi connectivity index (χ0) is 25.3. The molecule has 2 aromatic carbocycles. The molecule has 2 aliphatic rings. The highest BCUT2D eigenvalue weighted by Gasteiger charge is 2.25. The summed E-state index contributed by atoms with van der Waals surface area (Å²) in [6, 6.07) is 14.2. The molecule has 3 aromatic rings. The highest BCUT2D eigenvalue weighted by atomic mass is 32.2. The molecule has 1 unspecified atom stereocenters. The van der Waals surface area contributed by atoms with Crippen LogP contribution in [-0.4, -0.2) is 62.8 Å². The predicted molar refractivity (Wildman–Crippen MR) is 145 cm³/mol. The second kappa shape index (κ2) is 10.0. The minimum atomic E-state index is -3.28. The van der Waals surface area contributed by atoms with Gasteiger partial charge in [-0.3, -0.25) is 0 Å². The van der Waals surface area contributed by atoms with E-state index in [1.54, 1.807) is 6.20 Å². The van der Waals surface area contributed by atoms with Crippen LogP contribution in [0.3, 0.4) is 0 Å². The van der Waals surface area contributed by atoms with Gasteiger partial charge >= 0.3 is 0 Å². The van der Waals surface area contributed by atoms with E-state index in [1.807, 2.05) is 19.1 Å². The lowest BCUT2D eigenvalue weighted by atomic mass is 10.1. The van der Waals surface area contributed by atoms with E-state index in [0.717, 1.165) is 61.5 Å². The van der Waals surface area contributed by atoms with Crippen molar-refractivity contribution in [2.24, 2.45) is 0 Å². The number of nitrogens with zero attached hydrogens (tertiary/aromatic N) is 4. The summed E-state index contributed by atoms with van der Waals surface area (Å²) in [5, 5.41) is 6.69. The molecule has 190 valence electrons. The van der Waals surface area contributed by atoms with E-state index in [1.165, 1.54) is 17.5 Å². The first kappa shape index (κ1) is 24.5. The first-order valence-corrected chi connectivity index (χ1v) is 14.1. The first-order chi connectivity index (χ1) is 17.2. The van der Waals surface area contributed by atoms with Crippen LogP contribution in [0.2, 0.25) is 0 Å². The summed E-state index contributed by atoms with van der Waals surface area (Å²) in [6.07, 6.45) is 4.61. The van der Waals surface area contributed by atoms with Gasteiger partial charge in [0, 0.05) is 61.0 Å². The van der Waals surface area contributed by atoms with Crippen molar-refractivity contribution in [2.45, 2.75) is 25.8 Å². The van der Waals surface area contributed by atoms with E-state index in [2.05, 4.69) is 67.5 Å². The van der Waals surface area contributed by atoms with Crippen LogP contribution >= 0.6 is 0 Å². The third-order valence-electron chi connectivity index (χ3n) is 6.81. The highest BCUT2D eigenvalue weighted by molar-refractivity contribution is 7.88. The standard InChI is InChI=1S/C26H33N7O2S/c1-18-17-27-26(29-20-7-9-22(10-8-20)33-14-12-32(2)13-15-33)30-25(18)28-21-6-4-19-5-11-24(23(19)16-21)31-36(3,34)35/h4,6-10,16-17,24,31H,5,11-15H2,1-3H3,(H2,27,28,29,30). The first-order valence-electron chi connectivity index (χ1n) is 12.2. The third-order valence-corrected chi connectivity index (χ3v) is 7.52. The van der Waals surface area contributed by atoms with Gasteiger partial charge in [0.25, 0.3) is 0 Å². The Balaban J connectivity index is 1.28. The summed E-state index contributed by atoms with van der Waals surface area (Å²) in [7, 11) is -1.12. The van der Waals surface area contributed by atoms with Gasteiger partial charge in [0.15, 0.2) is 0 Å². The Hall–Kier alpha value is -3.21. The Kier molecular flexibility index (Phi) is 6.83. The molecule has 0 spiro atoms. The van der Waals surface area contributed by atoms with Crippen molar-refractivity contribution >= 4 is 38.9 Å². The van der Waals surface area contributed by atoms with Gasteiger partial charge in [0.05, 0.1) is 6.26 Å². The van der Waals surface area contributed by atoms with E-state index in [9.17, 15) is 8.42 Å². The Morgan fingerprint density at radius 2 is 1.69 bits per heavy atom. The van der Waals surface area contributed by atoms with Crippen LogP contribution in [0.5, 0.6) is 0 Å². The number of hydrogen-bond donors (Lipinski definition) is 3. The van der Waals surface area contributed by atoms with Crippen LogP contribution in [0.15, 0.2) is 48.7 Å². The Labute approximate surface area is 213 Å². The van der Waals surface area contributed by atoms with Gasteiger partial charge in [0.2, 0.25) is 16.0 Å². The van der Waals surface area contributed by atoms with Gasteiger partial charge in [-0.15, -0.1) is 0 Å². The van der Waals surface area contributed by atoms with Crippen LogP contribution in [0.1, 0.15) is 29.2 Å². The van der Waals surface area contributed by atoms with Gasteiger partial charge in [-0.2, -0.15) is 4.98 Å². The molecule has 3 N–H and O–H groups in total. The van der Waals surface area contributed by atoms with Crippen LogP contribution in [0.4, 0.5) is 28.8 Å². The molecule has 1 aliphatic carbocycles. The number of aryl methyl sites for hydroxylation is 2. The lowest BCUT2D eigenvalue weighted by Crippen LogP contribution is -2.44. The average molecular weight is 508 g/mol. The number of rotatable bonds is 7. The molecule has 1 aromatic heterocycles. The number of nitrogens with one attached hydrogen (secondary N) is 3. The van der Waals surface area contributed by atoms with Gasteiger partial charge < -0.3 is 20.4 Å². The fraction of sp³-hybridized carbons (Fsp3) is 0.385. The van der Waals surface area contributed by atoms with E-state index in [0.29, 0.717) is 11.8 Å². The van der Waals surface area contributed by atoms with E-state index in [4.69, 9.17) is 4.98 Å². The maximum absolute atomic E-state index is 11.8. The van der Waals surface area contributed by atoms with Crippen molar-refractivity contribution in [3.05, 3.63) is 65.4 Å². The van der Waals surface area contributed by atoms with Crippen LogP contribution in [-0.2, 0) is 16.4 Å². The molecule has 2 heterocycles. The van der Waals surface area contributed by atoms with E-state index >= 15 is 0 Å². The topological polar surface area (TPSA) is 102 Å². The number of benzene rings is 2. The summed E-state index contributed by atoms with van der Waals surface area (Å²) in [6.45, 7) is 6.18. The normalized spacial score (nSPS) is 18.2. The quantitative estimate of drug-likeness (QED) is 0.446. The fourth-order valence-corrected chi connectivity index (χ4v) is 5.54. The largest absolute Gasteiger partial charge is 0.369 e. The van der Waals surface area contributed by atoms with Crippen LogP contribution < -0.4 is 20.3 Å². The van der Waals surface area contributed by atoms with Crippen molar-refractivity contribution in [2.75, 3.05) is 55.0 Å². The maximum Gasteiger partial charge on any atom is 0.229 e. The molecule has 1 atom stereocenters. The lowest BCUT2D eigenvalue weighted by Gasteiger charge is -2.34. The van der Waals surface area contributed by atoms with E-state index in [-0.39, 0.29) is 6.04 Å². The number of anilines is 5. The zero-order valence-corrected chi connectivity index (χ0v) is 21.8. The molecule has 0 bridgehead atoms. The molecular formula is C26H33N7O2S. The van der Waals surface area contributed by atoms with Gasteiger partial charge in [0.1, 0.15) is 5.82 Å². The summed E-state index contributed by atoms with van der Waals surface area (Å²) in [5.41, 5.74) is 6.10. The van der Waals surface area contributed by atoms with Crippen LogP contribution in [0.25, 0.3) is 0 Å². The van der Waals surface area contributed by atoms with Gasteiger partial charge in [-0.05, 0) is 74.3 Å². The Morgan fingerprint density at radius 3 is 2.42 bits per heavy atom. The van der Waals surface area contributed by atoms with Gasteiger partial charge in [-0.1, -0.05) is 6.07 Å². The lowest BCUT2D eigenvalue weighted by molar-refractivity contribution is 0.313. The molecule has 36 heavy (non-hydrogen) atoms. The minimum absolute atomic E-state index is 0.200. The molecule has 5 rings (SSSR count). The molecule has 10 heteroatoms. The number of likely N-dealkylation sites (N-methyl/N-ethyl adjacent to an activating group) is 1. The number of sulfonamides is 1. The number of hydrogen-bond acceptors (Lipinski definition) is 8. The Morgan fingerprint density at radius 1 is 0.972 bits per heavy atom. The summed E-state index contributed by atoms with van der Waals surface area (Å²) in [4.78, 5) is 13.9. The molecule has 0 radical (unpaired) electrons. The smallest absolute Gasteiger partial charge is 0.229 e. The SMILES string of the molecule is Cc1cnc(Nc2ccc(N3CCN(C)CC3)cc2)nc1Nc1ccc2c(c1)C(NS(C)(=O)=O)CC2. The van der Waals surface area contributed by atoms with Crippen molar-refractivity contribution in [1.29, 1.82) is 0 Å². The summed E-state index contributed by atoms with van der Waals surface area (Å²) >= 11 is 0. The van der Waals surface area contributed by atoms with Gasteiger partial charge in [-0.25, -0.2) is 18.1 Å². The van der Waals surface area contributed by atoms with Crippen molar-refractivity contribution in [3.63, 3.8) is 0 Å². The van der Waals surface area contributed by atoms with Crippen molar-refractivity contribution in [1.82, 2.24) is 19.6 Å². The monoisotopic (exact) mass is 507 g/mol. The second-order valence-corrected chi connectivity index (χ2v) is 11.5. The van der Waals surface area contributed by atoms with E-state index < -0.39 is 10.0 Å². The molecule has 0 amide bonds. The molecule has 0 saturated carbocycles. The predicted octanol–water partition coefficient (Wildman–Crippen LogP) is 3.56. The molecule has 1 aliphatic heterocycles. The fourth-order valence-electron chi connectivity index (χ4n) is 4.78. The number of aromatic nitrogens is 2. The molecular weight excluding hydrogens is 474 g/mol. The van der Waals surface area contributed by atoms with Crippen molar-refractivity contribution < 1.29 is 8.42 Å². The average Bonchev–Trinajstić information content (AvgIpc) is 3.23. The summed E-state index contributed by atoms with van der Waals surface area (Å²) < 4.78 is 26.3. The minimum Gasteiger partial charge on any atom is -0.369 e. The molecule has 1 saturated heterocycles. The Bertz CT molecular complexity index is 1340. The zero-order valence-electron chi connectivity index (χ0n) is 21.0. The maximum atomic E-state index is 11.8. The van der Waals surface area contributed by atoms with Crippen molar-refractivity contribution in [3.8, 4) is 0 Å². The number of fused-ring (bicyclic) bond motifs is 1. The third kappa shape index (κ3) is 5.77. The molecule has 1 fully saturated rings. The van der Waals surface area contributed by atoms with Crippen LogP contribution in [0, 0.1) is 6.92 Å². The highest BCUT2D eigenvalue weighted by Crippen LogP contribution is 2.34. The second-order valence-electron chi connectivity index (χ2n) is 9.71. The molecule has 9 nitrogen and oxygen atoms in total.